The highest BCUT2D eigenvalue weighted by molar-refractivity contribution is 5.43. The van der Waals surface area contributed by atoms with E-state index in [1.54, 1.807) is 19.5 Å². The third-order valence-electron chi connectivity index (χ3n) is 2.44. The molecule has 0 saturated carbocycles. The van der Waals surface area contributed by atoms with E-state index in [1.165, 1.54) is 0 Å². The van der Waals surface area contributed by atoms with Crippen LogP contribution in [0.5, 0.6) is 0 Å². The summed E-state index contributed by atoms with van der Waals surface area (Å²) in [5.74, 6) is 1.51. The second-order valence-corrected chi connectivity index (χ2v) is 3.89. The van der Waals surface area contributed by atoms with E-state index in [1.807, 2.05) is 4.90 Å². The number of nitrogens with one attached hydrogen (secondary N) is 1. The number of anilines is 2. The van der Waals surface area contributed by atoms with E-state index >= 15 is 0 Å². The van der Waals surface area contributed by atoms with Crippen LogP contribution in [0, 0.1) is 0 Å². The topological polar surface area (TPSA) is 70.5 Å². The third kappa shape index (κ3) is 4.85. The van der Waals surface area contributed by atoms with Crippen molar-refractivity contribution in [3.63, 3.8) is 0 Å². The van der Waals surface area contributed by atoms with Gasteiger partial charge in [-0.05, 0) is 6.42 Å². The van der Waals surface area contributed by atoms with E-state index in [-0.39, 0.29) is 6.61 Å². The van der Waals surface area contributed by atoms with Gasteiger partial charge in [0.1, 0.15) is 11.6 Å². The summed E-state index contributed by atoms with van der Waals surface area (Å²) < 4.78 is 5.05. The van der Waals surface area contributed by atoms with Crippen molar-refractivity contribution in [1.82, 2.24) is 9.97 Å². The minimum Gasteiger partial charge on any atom is -0.395 e. The highest BCUT2D eigenvalue weighted by atomic mass is 16.5. The quantitative estimate of drug-likeness (QED) is 0.677. The maximum absolute atomic E-state index is 9.06. The summed E-state index contributed by atoms with van der Waals surface area (Å²) in [4.78, 5) is 10.6. The van der Waals surface area contributed by atoms with E-state index in [4.69, 9.17) is 9.84 Å². The first kappa shape index (κ1) is 14.7. The van der Waals surface area contributed by atoms with Gasteiger partial charge in [-0.3, -0.25) is 4.98 Å². The lowest BCUT2D eigenvalue weighted by atomic mass is 10.4. The average molecular weight is 254 g/mol. The van der Waals surface area contributed by atoms with Gasteiger partial charge in [0, 0.05) is 26.7 Å². The lowest BCUT2D eigenvalue weighted by molar-refractivity contribution is 0.202. The third-order valence-corrected chi connectivity index (χ3v) is 2.44. The number of methoxy groups -OCH3 is 1. The first-order valence-corrected chi connectivity index (χ1v) is 6.22. The zero-order chi connectivity index (χ0) is 13.2. The number of nitrogens with zero attached hydrogens (tertiary/aromatic N) is 3. The van der Waals surface area contributed by atoms with Crippen LogP contribution in [0.25, 0.3) is 0 Å². The van der Waals surface area contributed by atoms with Crippen molar-refractivity contribution in [2.45, 2.75) is 13.3 Å². The highest BCUT2D eigenvalue weighted by Crippen LogP contribution is 2.11. The number of aliphatic hydroxyl groups excluding tert-OH is 1. The van der Waals surface area contributed by atoms with Gasteiger partial charge in [0.25, 0.3) is 0 Å². The normalized spacial score (nSPS) is 10.4. The molecule has 0 aromatic carbocycles. The Bertz CT molecular complexity index is 336. The van der Waals surface area contributed by atoms with Gasteiger partial charge in [-0.15, -0.1) is 0 Å². The molecule has 1 aromatic heterocycles. The van der Waals surface area contributed by atoms with Crippen LogP contribution >= 0.6 is 0 Å². The fourth-order valence-corrected chi connectivity index (χ4v) is 1.51. The summed E-state index contributed by atoms with van der Waals surface area (Å²) in [6, 6.07) is 0. The smallest absolute Gasteiger partial charge is 0.149 e. The van der Waals surface area contributed by atoms with Gasteiger partial charge in [0.15, 0.2) is 0 Å². The Morgan fingerprint density at radius 1 is 1.39 bits per heavy atom. The van der Waals surface area contributed by atoms with Gasteiger partial charge in [-0.25, -0.2) is 4.98 Å². The van der Waals surface area contributed by atoms with Crippen LogP contribution in [0.15, 0.2) is 12.4 Å². The monoisotopic (exact) mass is 254 g/mol. The van der Waals surface area contributed by atoms with Gasteiger partial charge < -0.3 is 20.1 Å². The molecule has 1 heterocycles. The lowest BCUT2D eigenvalue weighted by Crippen LogP contribution is -2.31. The molecule has 0 radical (unpaired) electrons. The SMILES string of the molecule is CCCNc1cncc(N(CCO)CCOC)n1. The number of rotatable bonds is 9. The molecule has 0 amide bonds. The Balaban J connectivity index is 2.70. The molecule has 0 aliphatic heterocycles. The van der Waals surface area contributed by atoms with Crippen LogP contribution in [0.2, 0.25) is 0 Å². The number of hydrogen-bond acceptors (Lipinski definition) is 6. The molecule has 6 nitrogen and oxygen atoms in total. The average Bonchev–Trinajstić information content (AvgIpc) is 2.41. The van der Waals surface area contributed by atoms with Crippen molar-refractivity contribution < 1.29 is 9.84 Å². The van der Waals surface area contributed by atoms with Crippen molar-refractivity contribution in [1.29, 1.82) is 0 Å². The second kappa shape index (κ2) is 8.66. The molecule has 0 aliphatic carbocycles. The molecular weight excluding hydrogens is 232 g/mol. The van der Waals surface area contributed by atoms with Gasteiger partial charge in [0.2, 0.25) is 0 Å². The Morgan fingerprint density at radius 3 is 2.89 bits per heavy atom. The number of ether oxygens (including phenoxy) is 1. The van der Waals surface area contributed by atoms with Crippen molar-refractivity contribution in [2.24, 2.45) is 0 Å². The van der Waals surface area contributed by atoms with Crippen LogP contribution < -0.4 is 10.2 Å². The van der Waals surface area contributed by atoms with E-state index in [0.29, 0.717) is 19.7 Å². The van der Waals surface area contributed by atoms with Gasteiger partial charge in [-0.1, -0.05) is 6.92 Å². The molecule has 0 atom stereocenters. The maximum Gasteiger partial charge on any atom is 0.149 e. The predicted molar refractivity (Wildman–Crippen MR) is 72.0 cm³/mol. The van der Waals surface area contributed by atoms with E-state index in [9.17, 15) is 0 Å². The van der Waals surface area contributed by atoms with E-state index < -0.39 is 0 Å². The van der Waals surface area contributed by atoms with E-state index in [2.05, 4.69) is 22.2 Å². The zero-order valence-corrected chi connectivity index (χ0v) is 11.1. The van der Waals surface area contributed by atoms with Gasteiger partial charge in [0.05, 0.1) is 25.6 Å². The molecule has 0 fully saturated rings. The fraction of sp³-hybridized carbons (Fsp3) is 0.667. The molecule has 0 spiro atoms. The summed E-state index contributed by atoms with van der Waals surface area (Å²) in [7, 11) is 1.65. The number of hydrogen-bond donors (Lipinski definition) is 2. The molecule has 1 rings (SSSR count). The summed E-state index contributed by atoms with van der Waals surface area (Å²) in [6.07, 6.45) is 4.44. The minimum atomic E-state index is 0.0814. The largest absolute Gasteiger partial charge is 0.395 e. The molecule has 1 aromatic rings. The first-order valence-electron chi connectivity index (χ1n) is 6.22. The van der Waals surface area contributed by atoms with Gasteiger partial charge in [-0.2, -0.15) is 0 Å². The Hall–Kier alpha value is -1.40. The molecule has 0 bridgehead atoms. The standard InChI is InChI=1S/C12H22N4O2/c1-3-4-14-11-9-13-10-12(15-11)16(5-7-17)6-8-18-2/h9-10,17H,3-8H2,1-2H3,(H,14,15). The maximum atomic E-state index is 9.06. The van der Waals surface area contributed by atoms with Crippen LogP contribution in [0.3, 0.4) is 0 Å². The molecule has 102 valence electrons. The highest BCUT2D eigenvalue weighted by Gasteiger charge is 2.08. The second-order valence-electron chi connectivity index (χ2n) is 3.89. The Labute approximate surface area is 108 Å². The van der Waals surface area contributed by atoms with E-state index in [0.717, 1.165) is 24.6 Å². The Kier molecular flexibility index (Phi) is 7.05. The summed E-state index contributed by atoms with van der Waals surface area (Å²) in [6.45, 7) is 4.85. The molecule has 0 unspecified atom stereocenters. The summed E-state index contributed by atoms with van der Waals surface area (Å²) in [5, 5.41) is 12.3. The lowest BCUT2D eigenvalue weighted by Gasteiger charge is -2.22. The zero-order valence-electron chi connectivity index (χ0n) is 11.1. The fourth-order valence-electron chi connectivity index (χ4n) is 1.51. The molecule has 0 aliphatic rings. The van der Waals surface area contributed by atoms with Crippen LogP contribution in [-0.4, -0.2) is 55.0 Å². The van der Waals surface area contributed by atoms with Crippen molar-refractivity contribution in [3.8, 4) is 0 Å². The molecular formula is C12H22N4O2. The van der Waals surface area contributed by atoms with Gasteiger partial charge >= 0.3 is 0 Å². The van der Waals surface area contributed by atoms with Crippen LogP contribution in [-0.2, 0) is 4.74 Å². The number of aliphatic hydroxyl groups is 1. The van der Waals surface area contributed by atoms with Crippen molar-refractivity contribution >= 4 is 11.6 Å². The Morgan fingerprint density at radius 2 is 2.22 bits per heavy atom. The number of aromatic nitrogens is 2. The molecule has 0 saturated heterocycles. The van der Waals surface area contributed by atoms with Crippen LogP contribution in [0.4, 0.5) is 11.6 Å². The summed E-state index contributed by atoms with van der Waals surface area (Å²) in [5.41, 5.74) is 0. The van der Waals surface area contributed by atoms with Crippen molar-refractivity contribution in [3.05, 3.63) is 12.4 Å². The molecule has 18 heavy (non-hydrogen) atoms. The van der Waals surface area contributed by atoms with Crippen molar-refractivity contribution in [2.75, 3.05) is 50.2 Å². The molecule has 2 N–H and O–H groups in total. The predicted octanol–water partition coefficient (Wildman–Crippen LogP) is 0.744. The first-order chi connectivity index (χ1) is 8.81. The minimum absolute atomic E-state index is 0.0814. The van der Waals surface area contributed by atoms with Crippen LogP contribution in [0.1, 0.15) is 13.3 Å². The summed E-state index contributed by atoms with van der Waals surface area (Å²) >= 11 is 0. The molecule has 6 heteroatoms.